The van der Waals surface area contributed by atoms with Gasteiger partial charge in [0.1, 0.15) is 24.1 Å². The number of nitrogens with two attached hydrogens (primary N) is 2. The molecule has 1 fully saturated rings. The van der Waals surface area contributed by atoms with E-state index >= 15 is 0 Å². The molecular formula is C10H14N6O3. The Kier molecular flexibility index (Phi) is 2.82. The fraction of sp³-hybridized carbons (Fsp3) is 0.500. The lowest BCUT2D eigenvalue weighted by molar-refractivity contribution is -0.0488. The van der Waals surface area contributed by atoms with Gasteiger partial charge in [-0.2, -0.15) is 0 Å². The Hall–Kier alpha value is -1.81. The van der Waals surface area contributed by atoms with E-state index in [0.29, 0.717) is 11.2 Å². The van der Waals surface area contributed by atoms with Crippen LogP contribution in [0.15, 0.2) is 12.7 Å². The van der Waals surface area contributed by atoms with Crippen LogP contribution in [-0.2, 0) is 4.74 Å². The van der Waals surface area contributed by atoms with Crippen molar-refractivity contribution in [1.29, 1.82) is 0 Å². The number of hydrogen-bond donors (Lipinski definition) is 4. The molecule has 0 amide bonds. The molecule has 9 nitrogen and oxygen atoms in total. The van der Waals surface area contributed by atoms with Crippen LogP contribution in [0.5, 0.6) is 0 Å². The average molecular weight is 266 g/mol. The van der Waals surface area contributed by atoms with Crippen molar-refractivity contribution in [3.8, 4) is 0 Å². The number of hydrogen-bond acceptors (Lipinski definition) is 8. The van der Waals surface area contributed by atoms with E-state index in [1.807, 2.05) is 0 Å². The molecule has 0 saturated carbocycles. The van der Waals surface area contributed by atoms with E-state index in [4.69, 9.17) is 21.3 Å². The lowest BCUT2D eigenvalue weighted by atomic mass is 10.1. The number of anilines is 1. The zero-order valence-electron chi connectivity index (χ0n) is 9.92. The van der Waals surface area contributed by atoms with E-state index in [1.165, 1.54) is 17.2 Å². The number of fused-ring (bicyclic) bond motifs is 1. The molecular weight excluding hydrogens is 252 g/mol. The Morgan fingerprint density at radius 2 is 2.16 bits per heavy atom. The van der Waals surface area contributed by atoms with Gasteiger partial charge in [-0.25, -0.2) is 15.0 Å². The second kappa shape index (κ2) is 4.38. The Morgan fingerprint density at radius 1 is 1.37 bits per heavy atom. The first-order valence-electron chi connectivity index (χ1n) is 5.76. The first kappa shape index (κ1) is 12.2. The maximum atomic E-state index is 10.1. The normalized spacial score (nSPS) is 31.1. The third-order valence-electron chi connectivity index (χ3n) is 3.27. The highest BCUT2D eigenvalue weighted by Gasteiger charge is 2.42. The van der Waals surface area contributed by atoms with Crippen LogP contribution in [0.25, 0.3) is 11.2 Å². The Bertz CT molecular complexity index is 602. The van der Waals surface area contributed by atoms with Gasteiger partial charge in [0, 0.05) is 0 Å². The number of aromatic nitrogens is 4. The molecule has 6 N–H and O–H groups in total. The third-order valence-corrected chi connectivity index (χ3v) is 3.27. The predicted molar refractivity (Wildman–Crippen MR) is 64.7 cm³/mol. The first-order chi connectivity index (χ1) is 9.13. The maximum Gasteiger partial charge on any atom is 0.167 e. The van der Waals surface area contributed by atoms with Gasteiger partial charge in [-0.3, -0.25) is 4.57 Å². The summed E-state index contributed by atoms with van der Waals surface area (Å²) in [4.78, 5) is 12.0. The summed E-state index contributed by atoms with van der Waals surface area (Å²) >= 11 is 0. The van der Waals surface area contributed by atoms with Crippen LogP contribution in [0.4, 0.5) is 5.82 Å². The lowest BCUT2D eigenvalue weighted by Crippen LogP contribution is -2.41. The van der Waals surface area contributed by atoms with Gasteiger partial charge in [0.25, 0.3) is 0 Å². The molecule has 1 aliphatic heterocycles. The highest BCUT2D eigenvalue weighted by Crippen LogP contribution is 2.30. The lowest BCUT2D eigenvalue weighted by Gasteiger charge is -2.16. The molecule has 4 atom stereocenters. The summed E-state index contributed by atoms with van der Waals surface area (Å²) in [5, 5.41) is 19.2. The maximum absolute atomic E-state index is 10.1. The standard InChI is InChI=1S/C10H14N6O3/c11-5-4(1-17)19-10(7(5)18)16-3-15-6-8(12)13-2-14-9(6)16/h2-5,7,10,17-18H,1,11H2,(H2,12,13,14)/t4-,5?,7+,10-/m1/s1. The molecule has 2 aromatic rings. The quantitative estimate of drug-likeness (QED) is 0.487. The minimum atomic E-state index is -0.967. The molecule has 0 radical (unpaired) electrons. The molecule has 1 unspecified atom stereocenters. The zero-order valence-corrected chi connectivity index (χ0v) is 9.92. The molecule has 102 valence electrons. The van der Waals surface area contributed by atoms with Crippen LogP contribution in [0.3, 0.4) is 0 Å². The van der Waals surface area contributed by atoms with Crippen LogP contribution in [-0.4, -0.2) is 54.6 Å². The highest BCUT2D eigenvalue weighted by molar-refractivity contribution is 5.81. The molecule has 19 heavy (non-hydrogen) atoms. The molecule has 3 heterocycles. The van der Waals surface area contributed by atoms with Crippen molar-refractivity contribution in [3.05, 3.63) is 12.7 Å². The zero-order chi connectivity index (χ0) is 13.6. The van der Waals surface area contributed by atoms with Gasteiger partial charge in [-0.1, -0.05) is 0 Å². The van der Waals surface area contributed by atoms with Crippen molar-refractivity contribution in [2.24, 2.45) is 5.73 Å². The molecule has 9 heteroatoms. The van der Waals surface area contributed by atoms with Gasteiger partial charge >= 0.3 is 0 Å². The van der Waals surface area contributed by atoms with Crippen LogP contribution in [0.2, 0.25) is 0 Å². The van der Waals surface area contributed by atoms with Crippen molar-refractivity contribution in [3.63, 3.8) is 0 Å². The van der Waals surface area contributed by atoms with Crippen LogP contribution in [0, 0.1) is 0 Å². The van der Waals surface area contributed by atoms with Crippen LogP contribution in [0.1, 0.15) is 6.23 Å². The number of aliphatic hydroxyl groups is 2. The molecule has 1 aliphatic rings. The minimum Gasteiger partial charge on any atom is -0.394 e. The summed E-state index contributed by atoms with van der Waals surface area (Å²) in [6.07, 6.45) is 0.408. The average Bonchev–Trinajstić information content (AvgIpc) is 2.94. The predicted octanol–water partition coefficient (Wildman–Crippen LogP) is -2.01. The second-order valence-corrected chi connectivity index (χ2v) is 4.40. The van der Waals surface area contributed by atoms with E-state index in [-0.39, 0.29) is 12.4 Å². The fourth-order valence-corrected chi connectivity index (χ4v) is 2.21. The minimum absolute atomic E-state index is 0.249. The largest absolute Gasteiger partial charge is 0.394 e. The first-order valence-corrected chi connectivity index (χ1v) is 5.76. The molecule has 2 aromatic heterocycles. The topological polar surface area (TPSA) is 145 Å². The van der Waals surface area contributed by atoms with Crippen LogP contribution < -0.4 is 11.5 Å². The third kappa shape index (κ3) is 1.75. The van der Waals surface area contributed by atoms with Gasteiger partial charge in [0.05, 0.1) is 19.0 Å². The monoisotopic (exact) mass is 266 g/mol. The van der Waals surface area contributed by atoms with Gasteiger partial charge in [0.2, 0.25) is 0 Å². The van der Waals surface area contributed by atoms with E-state index < -0.39 is 24.5 Å². The number of ether oxygens (including phenoxy) is 1. The van der Waals surface area contributed by atoms with Gasteiger partial charge in [0.15, 0.2) is 17.7 Å². The Morgan fingerprint density at radius 3 is 2.84 bits per heavy atom. The summed E-state index contributed by atoms with van der Waals surface area (Å²) in [6, 6.07) is -0.674. The van der Waals surface area contributed by atoms with Crippen molar-refractivity contribution in [1.82, 2.24) is 19.5 Å². The second-order valence-electron chi connectivity index (χ2n) is 4.40. The highest BCUT2D eigenvalue weighted by atomic mass is 16.5. The number of nitrogens with zero attached hydrogens (tertiary/aromatic N) is 4. The molecule has 0 bridgehead atoms. The fourth-order valence-electron chi connectivity index (χ4n) is 2.21. The number of rotatable bonds is 2. The van der Waals surface area contributed by atoms with Gasteiger partial charge < -0.3 is 26.4 Å². The van der Waals surface area contributed by atoms with Gasteiger partial charge in [-0.15, -0.1) is 0 Å². The summed E-state index contributed by atoms with van der Waals surface area (Å²) in [6.45, 7) is -0.265. The Balaban J connectivity index is 2.04. The van der Waals surface area contributed by atoms with E-state index in [9.17, 15) is 5.11 Å². The number of imidazole rings is 1. The summed E-state index contributed by atoms with van der Waals surface area (Å²) in [5.74, 6) is 0.249. The molecule has 0 aliphatic carbocycles. The van der Waals surface area contributed by atoms with Crippen molar-refractivity contribution in [2.75, 3.05) is 12.3 Å². The smallest absolute Gasteiger partial charge is 0.167 e. The summed E-state index contributed by atoms with van der Waals surface area (Å²) < 4.78 is 7.06. The molecule has 0 spiro atoms. The van der Waals surface area contributed by atoms with Crippen molar-refractivity contribution in [2.45, 2.75) is 24.5 Å². The van der Waals surface area contributed by atoms with E-state index in [1.54, 1.807) is 0 Å². The summed E-state index contributed by atoms with van der Waals surface area (Å²) in [5.41, 5.74) is 12.3. The summed E-state index contributed by atoms with van der Waals surface area (Å²) in [7, 11) is 0. The number of aliphatic hydroxyl groups excluding tert-OH is 2. The van der Waals surface area contributed by atoms with Gasteiger partial charge in [-0.05, 0) is 0 Å². The SMILES string of the molecule is Nc1ncnc2c1ncn2[C@@H]1O[C@H](CO)C(N)[C@@H]1O. The molecule has 1 saturated heterocycles. The van der Waals surface area contributed by atoms with Crippen molar-refractivity contribution < 1.29 is 14.9 Å². The van der Waals surface area contributed by atoms with E-state index in [0.717, 1.165) is 0 Å². The van der Waals surface area contributed by atoms with E-state index in [2.05, 4.69) is 15.0 Å². The molecule has 0 aromatic carbocycles. The number of nitrogen functional groups attached to an aromatic ring is 1. The van der Waals surface area contributed by atoms with Crippen molar-refractivity contribution >= 4 is 17.0 Å². The van der Waals surface area contributed by atoms with Crippen LogP contribution >= 0.6 is 0 Å². The molecule has 3 rings (SSSR count). The Labute approximate surface area is 107 Å².